The van der Waals surface area contributed by atoms with Crippen molar-refractivity contribution in [3.05, 3.63) is 6.33 Å². The maximum Gasteiger partial charge on any atom is 0.245 e. The van der Waals surface area contributed by atoms with Crippen LogP contribution in [0.5, 0.6) is 5.88 Å². The summed E-state index contributed by atoms with van der Waals surface area (Å²) in [6.45, 7) is 4.79. The molecule has 0 radical (unpaired) electrons. The molecule has 1 aliphatic carbocycles. The molecule has 1 fully saturated rings. The van der Waals surface area contributed by atoms with Gasteiger partial charge in [0, 0.05) is 0 Å². The van der Waals surface area contributed by atoms with Gasteiger partial charge in [0.2, 0.25) is 11.8 Å². The van der Waals surface area contributed by atoms with Crippen LogP contribution in [0.4, 0.5) is 5.95 Å². The number of aliphatic hydroxyl groups excluding tert-OH is 1. The average Bonchev–Trinajstić information content (AvgIpc) is 3.06. The zero-order valence-corrected chi connectivity index (χ0v) is 14.5. The molecule has 2 aromatic rings. The first-order valence-electron chi connectivity index (χ1n) is 8.88. The van der Waals surface area contributed by atoms with Crippen LogP contribution >= 0.6 is 0 Å². The second kappa shape index (κ2) is 7.79. The molecule has 3 N–H and O–H groups in total. The van der Waals surface area contributed by atoms with E-state index >= 15 is 0 Å². The molecule has 3 rings (SSSR count). The van der Waals surface area contributed by atoms with Crippen molar-refractivity contribution < 1.29 is 9.84 Å². The highest BCUT2D eigenvalue weighted by atomic mass is 16.5. The van der Waals surface area contributed by atoms with E-state index in [9.17, 15) is 5.11 Å². The molecule has 0 aliphatic heterocycles. The number of nitrogens with zero attached hydrogens (tertiary/aromatic N) is 3. The maximum absolute atomic E-state index is 9.50. The van der Waals surface area contributed by atoms with Crippen LogP contribution in [0.3, 0.4) is 0 Å². The first-order valence-corrected chi connectivity index (χ1v) is 8.88. The van der Waals surface area contributed by atoms with E-state index in [0.717, 1.165) is 5.52 Å². The molecule has 7 nitrogen and oxygen atoms in total. The van der Waals surface area contributed by atoms with Gasteiger partial charge in [0.15, 0.2) is 5.65 Å². The van der Waals surface area contributed by atoms with E-state index in [4.69, 9.17) is 4.74 Å². The highest BCUT2D eigenvalue weighted by molar-refractivity contribution is 5.76. The summed E-state index contributed by atoms with van der Waals surface area (Å²) in [5, 5.41) is 12.7. The zero-order chi connectivity index (χ0) is 16.9. The summed E-state index contributed by atoms with van der Waals surface area (Å²) in [4.78, 5) is 16.2. The van der Waals surface area contributed by atoms with Gasteiger partial charge >= 0.3 is 0 Å². The van der Waals surface area contributed by atoms with Gasteiger partial charge in [-0.05, 0) is 24.7 Å². The van der Waals surface area contributed by atoms with E-state index in [1.165, 1.54) is 32.1 Å². The predicted molar refractivity (Wildman–Crippen MR) is 93.1 cm³/mol. The van der Waals surface area contributed by atoms with Crippen LogP contribution in [0.25, 0.3) is 11.2 Å². The molecule has 2 aromatic heterocycles. The van der Waals surface area contributed by atoms with Crippen LogP contribution in [-0.4, -0.2) is 44.3 Å². The van der Waals surface area contributed by atoms with Crippen molar-refractivity contribution in [3.63, 3.8) is 0 Å². The standard InChI is InChI=1S/C17H27N5O2/c1-11(2)13(8-23)20-17-21-15-14(18-10-19-15)16(22-17)24-9-12-6-4-3-5-7-12/h10-13,23H,3-9H2,1-2H3,(H2,18,19,20,21,22)/t13-/m1/s1. The number of aromatic amines is 1. The van der Waals surface area contributed by atoms with Gasteiger partial charge in [0.1, 0.15) is 5.52 Å². The number of aliphatic hydroxyl groups is 1. The molecule has 0 aromatic carbocycles. The highest BCUT2D eigenvalue weighted by Gasteiger charge is 2.19. The number of ether oxygens (including phenoxy) is 1. The van der Waals surface area contributed by atoms with Crippen molar-refractivity contribution in [1.29, 1.82) is 0 Å². The van der Waals surface area contributed by atoms with Crippen LogP contribution in [0, 0.1) is 11.8 Å². The van der Waals surface area contributed by atoms with E-state index < -0.39 is 0 Å². The van der Waals surface area contributed by atoms with Crippen molar-refractivity contribution in [1.82, 2.24) is 19.9 Å². The molecule has 0 amide bonds. The van der Waals surface area contributed by atoms with Gasteiger partial charge < -0.3 is 20.1 Å². The summed E-state index contributed by atoms with van der Waals surface area (Å²) in [6.07, 6.45) is 7.96. The van der Waals surface area contributed by atoms with Gasteiger partial charge in [-0.3, -0.25) is 0 Å². The Morgan fingerprint density at radius 1 is 1.29 bits per heavy atom. The van der Waals surface area contributed by atoms with Gasteiger partial charge in [0.05, 0.1) is 25.6 Å². The maximum atomic E-state index is 9.50. The van der Waals surface area contributed by atoms with Crippen LogP contribution in [0.1, 0.15) is 46.0 Å². The SMILES string of the molecule is CC(C)[C@@H](CO)Nc1nc(OCC2CCCCC2)c2[nH]cnc2n1. The number of hydrogen-bond donors (Lipinski definition) is 3. The molecule has 0 spiro atoms. The summed E-state index contributed by atoms with van der Waals surface area (Å²) in [7, 11) is 0. The van der Waals surface area contributed by atoms with Crippen molar-refractivity contribution in [2.24, 2.45) is 11.8 Å². The van der Waals surface area contributed by atoms with Gasteiger partial charge in [-0.2, -0.15) is 9.97 Å². The highest BCUT2D eigenvalue weighted by Crippen LogP contribution is 2.26. The second-order valence-corrected chi connectivity index (χ2v) is 6.95. The minimum atomic E-state index is -0.104. The monoisotopic (exact) mass is 333 g/mol. The van der Waals surface area contributed by atoms with Gasteiger partial charge in [-0.15, -0.1) is 0 Å². The van der Waals surface area contributed by atoms with Gasteiger partial charge in [-0.25, -0.2) is 4.98 Å². The number of aromatic nitrogens is 4. The molecule has 7 heteroatoms. The summed E-state index contributed by atoms with van der Waals surface area (Å²) in [6, 6.07) is -0.104. The topological polar surface area (TPSA) is 95.9 Å². The summed E-state index contributed by atoms with van der Waals surface area (Å²) in [5.41, 5.74) is 1.30. The Labute approximate surface area is 142 Å². The van der Waals surface area contributed by atoms with E-state index in [0.29, 0.717) is 30.0 Å². The van der Waals surface area contributed by atoms with Gasteiger partial charge in [-0.1, -0.05) is 33.1 Å². The lowest BCUT2D eigenvalue weighted by atomic mass is 9.90. The average molecular weight is 333 g/mol. The lowest BCUT2D eigenvalue weighted by molar-refractivity contribution is 0.204. The molecule has 132 valence electrons. The smallest absolute Gasteiger partial charge is 0.245 e. The number of anilines is 1. The lowest BCUT2D eigenvalue weighted by Gasteiger charge is -2.22. The fraction of sp³-hybridized carbons (Fsp3) is 0.706. The summed E-state index contributed by atoms with van der Waals surface area (Å²) in [5.74, 6) is 1.84. The predicted octanol–water partition coefficient (Wildman–Crippen LogP) is 2.74. The summed E-state index contributed by atoms with van der Waals surface area (Å²) >= 11 is 0. The number of rotatable bonds is 7. The third-order valence-corrected chi connectivity index (χ3v) is 4.75. The number of imidazole rings is 1. The Balaban J connectivity index is 1.76. The largest absolute Gasteiger partial charge is 0.476 e. The van der Waals surface area contributed by atoms with E-state index in [1.807, 2.05) is 13.8 Å². The minimum Gasteiger partial charge on any atom is -0.476 e. The molecule has 0 bridgehead atoms. The summed E-state index contributed by atoms with van der Waals surface area (Å²) < 4.78 is 6.01. The third kappa shape index (κ3) is 3.95. The third-order valence-electron chi connectivity index (χ3n) is 4.75. The molecule has 0 unspecified atom stereocenters. The fourth-order valence-corrected chi connectivity index (χ4v) is 3.12. The normalized spacial score (nSPS) is 17.3. The van der Waals surface area contributed by atoms with Crippen LogP contribution in [0.15, 0.2) is 6.33 Å². The molecule has 1 saturated carbocycles. The van der Waals surface area contributed by atoms with Crippen molar-refractivity contribution in [2.75, 3.05) is 18.5 Å². The van der Waals surface area contributed by atoms with E-state index in [1.54, 1.807) is 6.33 Å². The van der Waals surface area contributed by atoms with Crippen LogP contribution in [-0.2, 0) is 0 Å². The number of hydrogen-bond acceptors (Lipinski definition) is 6. The Morgan fingerprint density at radius 2 is 2.08 bits per heavy atom. The first kappa shape index (κ1) is 17.0. The molecule has 1 atom stereocenters. The van der Waals surface area contributed by atoms with Crippen LogP contribution < -0.4 is 10.1 Å². The molecular weight excluding hydrogens is 306 g/mol. The first-order chi connectivity index (χ1) is 11.7. The van der Waals surface area contributed by atoms with Gasteiger partial charge in [0.25, 0.3) is 0 Å². The zero-order valence-electron chi connectivity index (χ0n) is 14.5. The Hall–Kier alpha value is -1.89. The molecule has 2 heterocycles. The van der Waals surface area contributed by atoms with E-state index in [-0.39, 0.29) is 18.6 Å². The number of fused-ring (bicyclic) bond motifs is 1. The van der Waals surface area contributed by atoms with E-state index in [2.05, 4.69) is 25.3 Å². The van der Waals surface area contributed by atoms with Crippen molar-refractivity contribution >= 4 is 17.1 Å². The Kier molecular flexibility index (Phi) is 5.50. The quantitative estimate of drug-likeness (QED) is 0.721. The molecule has 24 heavy (non-hydrogen) atoms. The lowest BCUT2D eigenvalue weighted by Crippen LogP contribution is -2.30. The van der Waals surface area contributed by atoms with Crippen LogP contribution in [0.2, 0.25) is 0 Å². The Bertz CT molecular complexity index is 651. The Morgan fingerprint density at radius 3 is 2.79 bits per heavy atom. The number of nitrogens with one attached hydrogen (secondary N) is 2. The fourth-order valence-electron chi connectivity index (χ4n) is 3.12. The minimum absolute atomic E-state index is 0.0257. The molecular formula is C17H27N5O2. The number of H-pyrrole nitrogens is 1. The van der Waals surface area contributed by atoms with Crippen molar-refractivity contribution in [2.45, 2.75) is 52.0 Å². The van der Waals surface area contributed by atoms with Crippen molar-refractivity contribution in [3.8, 4) is 5.88 Å². The second-order valence-electron chi connectivity index (χ2n) is 6.95. The molecule has 0 saturated heterocycles. The molecule has 1 aliphatic rings.